The first-order valence-corrected chi connectivity index (χ1v) is 6.67. The number of amides is 1. The molecule has 3 unspecified atom stereocenters. The zero-order chi connectivity index (χ0) is 11.3. The lowest BCUT2D eigenvalue weighted by Gasteiger charge is -2.30. The van der Waals surface area contributed by atoms with E-state index in [1.54, 1.807) is 0 Å². The Bertz CT molecular complexity index is 290. The number of hydrogen-bond donors (Lipinski definition) is 1. The quantitative estimate of drug-likeness (QED) is 0.777. The number of hydrogen-bond acceptors (Lipinski definition) is 2. The highest BCUT2D eigenvalue weighted by Gasteiger charge is 2.49. The molecule has 0 aromatic heterocycles. The molecule has 3 heteroatoms. The molecule has 0 aromatic carbocycles. The Balaban J connectivity index is 1.60. The first-order valence-electron chi connectivity index (χ1n) is 6.67. The number of rotatable bonds is 4. The van der Waals surface area contributed by atoms with Crippen molar-refractivity contribution in [1.29, 1.82) is 0 Å². The molecular formula is C13H22N2O. The van der Waals surface area contributed by atoms with Crippen LogP contribution < -0.4 is 5.73 Å². The summed E-state index contributed by atoms with van der Waals surface area (Å²) in [6.45, 7) is 0.631. The van der Waals surface area contributed by atoms with Gasteiger partial charge in [0.2, 0.25) is 5.91 Å². The summed E-state index contributed by atoms with van der Waals surface area (Å²) in [4.78, 5) is 14.3. The molecule has 3 nitrogen and oxygen atoms in total. The highest BCUT2D eigenvalue weighted by atomic mass is 16.2. The van der Waals surface area contributed by atoms with E-state index in [0.29, 0.717) is 30.3 Å². The largest absolute Gasteiger partial charge is 0.341 e. The van der Waals surface area contributed by atoms with Gasteiger partial charge < -0.3 is 10.6 Å². The van der Waals surface area contributed by atoms with Crippen molar-refractivity contribution in [3.05, 3.63) is 0 Å². The number of nitrogens with zero attached hydrogens (tertiary/aromatic N) is 1. The number of carbonyl (C=O) groups is 1. The molecule has 3 aliphatic rings. The van der Waals surface area contributed by atoms with E-state index in [4.69, 9.17) is 5.73 Å². The van der Waals surface area contributed by atoms with Crippen molar-refractivity contribution < 1.29 is 4.79 Å². The Morgan fingerprint density at radius 2 is 1.94 bits per heavy atom. The Kier molecular flexibility index (Phi) is 2.46. The van der Waals surface area contributed by atoms with Crippen LogP contribution in [-0.2, 0) is 4.79 Å². The first-order chi connectivity index (χ1) is 7.70. The van der Waals surface area contributed by atoms with Crippen LogP contribution in [0.3, 0.4) is 0 Å². The summed E-state index contributed by atoms with van der Waals surface area (Å²) in [5, 5.41) is 0. The summed E-state index contributed by atoms with van der Waals surface area (Å²) in [5.41, 5.74) is 5.79. The Hall–Kier alpha value is -0.570. The van der Waals surface area contributed by atoms with Crippen LogP contribution in [0.1, 0.15) is 32.1 Å². The van der Waals surface area contributed by atoms with Gasteiger partial charge >= 0.3 is 0 Å². The maximum Gasteiger partial charge on any atom is 0.225 e. The van der Waals surface area contributed by atoms with Crippen LogP contribution in [0.25, 0.3) is 0 Å². The van der Waals surface area contributed by atoms with Gasteiger partial charge in [-0.25, -0.2) is 0 Å². The number of carbonyl (C=O) groups excluding carboxylic acids is 1. The van der Waals surface area contributed by atoms with Gasteiger partial charge in [-0.3, -0.25) is 4.79 Å². The van der Waals surface area contributed by atoms with Crippen LogP contribution in [0.15, 0.2) is 0 Å². The zero-order valence-electron chi connectivity index (χ0n) is 10.1. The third-order valence-corrected chi connectivity index (χ3v) is 4.85. The van der Waals surface area contributed by atoms with Gasteiger partial charge in [-0.05, 0) is 49.9 Å². The maximum absolute atomic E-state index is 12.3. The minimum atomic E-state index is 0.310. The molecule has 3 rings (SSSR count). The molecule has 1 amide bonds. The molecule has 0 aromatic rings. The fraction of sp³-hybridized carbons (Fsp3) is 0.923. The van der Waals surface area contributed by atoms with E-state index in [-0.39, 0.29) is 0 Å². The van der Waals surface area contributed by atoms with Crippen molar-refractivity contribution >= 4 is 5.91 Å². The predicted molar refractivity (Wildman–Crippen MR) is 62.7 cm³/mol. The third-order valence-electron chi connectivity index (χ3n) is 4.85. The van der Waals surface area contributed by atoms with Crippen molar-refractivity contribution in [1.82, 2.24) is 4.90 Å². The lowest BCUT2D eigenvalue weighted by Crippen LogP contribution is -2.45. The summed E-state index contributed by atoms with van der Waals surface area (Å²) in [7, 11) is 1.96. The zero-order valence-corrected chi connectivity index (χ0v) is 10.1. The fourth-order valence-electron chi connectivity index (χ4n) is 3.52. The van der Waals surface area contributed by atoms with Crippen LogP contribution in [0.5, 0.6) is 0 Å². The van der Waals surface area contributed by atoms with Crippen LogP contribution in [0, 0.1) is 23.7 Å². The molecule has 3 aliphatic carbocycles. The molecule has 0 aliphatic heterocycles. The van der Waals surface area contributed by atoms with E-state index in [9.17, 15) is 4.79 Å². The number of fused-ring (bicyclic) bond motifs is 1. The summed E-state index contributed by atoms with van der Waals surface area (Å²) >= 11 is 0. The molecule has 3 atom stereocenters. The maximum atomic E-state index is 12.3. The van der Waals surface area contributed by atoms with Crippen molar-refractivity contribution in [2.24, 2.45) is 29.4 Å². The van der Waals surface area contributed by atoms with E-state index >= 15 is 0 Å². The minimum Gasteiger partial charge on any atom is -0.341 e. The fourth-order valence-corrected chi connectivity index (χ4v) is 3.52. The lowest BCUT2D eigenvalue weighted by atomic mass is 10.0. The summed E-state index contributed by atoms with van der Waals surface area (Å²) < 4.78 is 0. The molecule has 3 saturated carbocycles. The summed E-state index contributed by atoms with van der Waals surface area (Å²) in [6.07, 6.45) is 6.20. The number of nitrogens with two attached hydrogens (primary N) is 1. The molecule has 0 spiro atoms. The Morgan fingerprint density at radius 1 is 1.31 bits per heavy atom. The van der Waals surface area contributed by atoms with Gasteiger partial charge in [0, 0.05) is 25.6 Å². The normalized spacial score (nSPS) is 38.0. The second kappa shape index (κ2) is 3.73. The van der Waals surface area contributed by atoms with Crippen molar-refractivity contribution in [2.75, 3.05) is 13.6 Å². The Morgan fingerprint density at radius 3 is 2.44 bits per heavy atom. The van der Waals surface area contributed by atoms with Gasteiger partial charge in [0.15, 0.2) is 0 Å². The average molecular weight is 222 g/mol. The molecule has 0 heterocycles. The highest BCUT2D eigenvalue weighted by Crippen LogP contribution is 2.54. The molecule has 90 valence electrons. The molecule has 0 bridgehead atoms. The van der Waals surface area contributed by atoms with E-state index in [0.717, 1.165) is 24.7 Å². The molecule has 0 radical (unpaired) electrons. The smallest absolute Gasteiger partial charge is 0.225 e. The number of likely N-dealkylation sites (N-methyl/N-ethyl adjacent to an activating group) is 1. The van der Waals surface area contributed by atoms with Crippen LogP contribution >= 0.6 is 0 Å². The van der Waals surface area contributed by atoms with Gasteiger partial charge in [0.05, 0.1) is 0 Å². The van der Waals surface area contributed by atoms with Gasteiger partial charge in [-0.2, -0.15) is 0 Å². The molecule has 3 fully saturated rings. The van der Waals surface area contributed by atoms with Crippen molar-refractivity contribution in [3.8, 4) is 0 Å². The van der Waals surface area contributed by atoms with E-state index in [2.05, 4.69) is 0 Å². The molecule has 2 N–H and O–H groups in total. The van der Waals surface area contributed by atoms with Crippen LogP contribution in [0.4, 0.5) is 0 Å². The second-order valence-corrected chi connectivity index (χ2v) is 6.01. The second-order valence-electron chi connectivity index (χ2n) is 6.01. The summed E-state index contributed by atoms with van der Waals surface area (Å²) in [5.74, 6) is 3.16. The molecule has 0 saturated heterocycles. The summed E-state index contributed by atoms with van der Waals surface area (Å²) in [6, 6.07) is 0.310. The Labute approximate surface area is 97.4 Å². The first kappa shape index (κ1) is 10.6. The van der Waals surface area contributed by atoms with Gasteiger partial charge in [0.1, 0.15) is 0 Å². The SMILES string of the molecule is CN(C(=O)C1CC2CC2C1)C(CN)C1CC1. The van der Waals surface area contributed by atoms with E-state index < -0.39 is 0 Å². The van der Waals surface area contributed by atoms with E-state index in [1.807, 2.05) is 11.9 Å². The molecule has 16 heavy (non-hydrogen) atoms. The lowest BCUT2D eigenvalue weighted by molar-refractivity contribution is -0.136. The van der Waals surface area contributed by atoms with Crippen LogP contribution in [0.2, 0.25) is 0 Å². The molecular weight excluding hydrogens is 200 g/mol. The minimum absolute atomic E-state index is 0.310. The third kappa shape index (κ3) is 1.75. The van der Waals surface area contributed by atoms with Gasteiger partial charge in [0.25, 0.3) is 0 Å². The average Bonchev–Trinajstić information content (AvgIpc) is 3.20. The van der Waals surface area contributed by atoms with Crippen molar-refractivity contribution in [3.63, 3.8) is 0 Å². The monoisotopic (exact) mass is 222 g/mol. The van der Waals surface area contributed by atoms with E-state index in [1.165, 1.54) is 19.3 Å². The highest BCUT2D eigenvalue weighted by molar-refractivity contribution is 5.79. The topological polar surface area (TPSA) is 46.3 Å². The standard InChI is InChI=1S/C13H22N2O/c1-15(12(7-14)8-2-3-8)13(16)11-5-9-4-10(9)6-11/h8-12H,2-7,14H2,1H3. The predicted octanol–water partition coefficient (Wildman–Crippen LogP) is 1.23. The van der Waals surface area contributed by atoms with Gasteiger partial charge in [-0.15, -0.1) is 0 Å². The van der Waals surface area contributed by atoms with Crippen molar-refractivity contribution in [2.45, 2.75) is 38.1 Å². The van der Waals surface area contributed by atoms with Gasteiger partial charge in [-0.1, -0.05) is 0 Å². The van der Waals surface area contributed by atoms with Crippen LogP contribution in [-0.4, -0.2) is 30.4 Å².